The van der Waals surface area contributed by atoms with Crippen molar-refractivity contribution in [1.82, 2.24) is 14.9 Å². The van der Waals surface area contributed by atoms with Gasteiger partial charge in [-0.3, -0.25) is 4.90 Å². The van der Waals surface area contributed by atoms with E-state index in [0.717, 1.165) is 24.7 Å². The van der Waals surface area contributed by atoms with Gasteiger partial charge in [0.2, 0.25) is 5.95 Å². The minimum atomic E-state index is -0.575. The van der Waals surface area contributed by atoms with Crippen molar-refractivity contribution in [3.8, 4) is 0 Å². The number of methoxy groups -OCH3 is 1. The van der Waals surface area contributed by atoms with E-state index in [1.807, 2.05) is 13.1 Å². The van der Waals surface area contributed by atoms with Crippen LogP contribution in [-0.4, -0.2) is 91.9 Å². The number of morpholine rings is 1. The Morgan fingerprint density at radius 3 is 2.88 bits per heavy atom. The normalized spacial score (nSPS) is 28.3. The lowest BCUT2D eigenvalue weighted by Crippen LogP contribution is -2.55. The van der Waals surface area contributed by atoms with Gasteiger partial charge in [-0.2, -0.15) is 0 Å². The highest BCUT2D eigenvalue weighted by Crippen LogP contribution is 2.18. The zero-order chi connectivity index (χ0) is 16.9. The maximum absolute atomic E-state index is 10.4. The number of likely N-dealkylation sites (N-methyl/N-ethyl adjacent to an activating group) is 1. The third-order valence-corrected chi connectivity index (χ3v) is 4.62. The van der Waals surface area contributed by atoms with Gasteiger partial charge in [-0.05, 0) is 13.1 Å². The Kier molecular flexibility index (Phi) is 5.96. The molecule has 0 saturated carbocycles. The lowest BCUT2D eigenvalue weighted by atomic mass is 10.0. The molecule has 2 fully saturated rings. The van der Waals surface area contributed by atoms with Gasteiger partial charge < -0.3 is 24.2 Å². The Balaban J connectivity index is 1.64. The number of nitrogens with zero attached hydrogens (tertiary/aromatic N) is 4. The molecule has 24 heavy (non-hydrogen) atoms. The molecule has 0 radical (unpaired) electrons. The van der Waals surface area contributed by atoms with Crippen LogP contribution in [0.1, 0.15) is 5.69 Å². The van der Waals surface area contributed by atoms with Crippen LogP contribution in [0.15, 0.2) is 12.3 Å². The zero-order valence-corrected chi connectivity index (χ0v) is 14.3. The molecular weight excluding hydrogens is 312 g/mol. The summed E-state index contributed by atoms with van der Waals surface area (Å²) < 4.78 is 16.2. The van der Waals surface area contributed by atoms with Crippen LogP contribution >= 0.6 is 0 Å². The van der Waals surface area contributed by atoms with E-state index in [9.17, 15) is 5.11 Å². The molecule has 2 aliphatic rings. The largest absolute Gasteiger partial charge is 0.389 e. The first-order valence-corrected chi connectivity index (χ1v) is 8.32. The van der Waals surface area contributed by atoms with Gasteiger partial charge >= 0.3 is 0 Å². The van der Waals surface area contributed by atoms with Gasteiger partial charge in [0, 0.05) is 32.9 Å². The van der Waals surface area contributed by atoms with E-state index in [4.69, 9.17) is 14.2 Å². The van der Waals surface area contributed by atoms with E-state index in [1.54, 1.807) is 13.3 Å². The molecule has 3 rings (SSSR count). The molecule has 1 aromatic rings. The fourth-order valence-electron chi connectivity index (χ4n) is 3.11. The molecule has 0 spiro atoms. The van der Waals surface area contributed by atoms with Gasteiger partial charge in [0.1, 0.15) is 12.2 Å². The monoisotopic (exact) mass is 338 g/mol. The third-order valence-electron chi connectivity index (χ3n) is 4.62. The number of anilines is 1. The maximum atomic E-state index is 10.4. The third kappa shape index (κ3) is 4.01. The van der Waals surface area contributed by atoms with Crippen LogP contribution in [0.5, 0.6) is 0 Å². The number of ether oxygens (including phenoxy) is 3. The first-order chi connectivity index (χ1) is 11.7. The lowest BCUT2D eigenvalue weighted by Gasteiger charge is -2.38. The first kappa shape index (κ1) is 17.5. The van der Waals surface area contributed by atoms with Gasteiger partial charge in [0.05, 0.1) is 38.2 Å². The molecule has 8 nitrogen and oxygen atoms in total. The average molecular weight is 338 g/mol. The quantitative estimate of drug-likeness (QED) is 0.771. The van der Waals surface area contributed by atoms with E-state index in [2.05, 4.69) is 19.8 Å². The van der Waals surface area contributed by atoms with E-state index in [-0.39, 0.29) is 12.1 Å². The summed E-state index contributed by atoms with van der Waals surface area (Å²) in [7, 11) is 3.56. The molecule has 1 N–H and O–H groups in total. The number of hydrogen-bond donors (Lipinski definition) is 1. The summed E-state index contributed by atoms with van der Waals surface area (Å²) in [5.41, 5.74) is 0.917. The van der Waals surface area contributed by atoms with Crippen molar-refractivity contribution in [2.24, 2.45) is 0 Å². The molecule has 134 valence electrons. The SMILES string of the molecule is CO[C@@H]1COC[C@@H](N(C)Cc2ccnc(N3CCOCC3)n2)[C@@H]1O. The Labute approximate surface area is 142 Å². The zero-order valence-electron chi connectivity index (χ0n) is 14.3. The fourth-order valence-corrected chi connectivity index (χ4v) is 3.11. The maximum Gasteiger partial charge on any atom is 0.225 e. The van der Waals surface area contributed by atoms with Crippen LogP contribution in [0.3, 0.4) is 0 Å². The van der Waals surface area contributed by atoms with Crippen LogP contribution in [0.4, 0.5) is 5.95 Å². The van der Waals surface area contributed by atoms with Crippen molar-refractivity contribution in [2.75, 3.05) is 58.6 Å². The summed E-state index contributed by atoms with van der Waals surface area (Å²) >= 11 is 0. The van der Waals surface area contributed by atoms with Crippen molar-refractivity contribution in [2.45, 2.75) is 24.8 Å². The Morgan fingerprint density at radius 2 is 2.12 bits per heavy atom. The van der Waals surface area contributed by atoms with Gasteiger partial charge in [0.25, 0.3) is 0 Å². The molecular formula is C16H26N4O4. The standard InChI is InChI=1S/C16H26N4O4/c1-19(13-10-24-11-14(22-2)15(13)21)9-12-3-4-17-16(18-12)20-5-7-23-8-6-20/h3-4,13-15,21H,5-11H2,1-2H3/t13-,14-,15+/m1/s1. The Bertz CT molecular complexity index is 527. The highest BCUT2D eigenvalue weighted by Gasteiger charge is 2.35. The summed E-state index contributed by atoms with van der Waals surface area (Å²) in [6.07, 6.45) is 0.919. The van der Waals surface area contributed by atoms with Crippen molar-refractivity contribution in [3.05, 3.63) is 18.0 Å². The van der Waals surface area contributed by atoms with E-state index in [0.29, 0.717) is 33.0 Å². The van der Waals surface area contributed by atoms with Crippen LogP contribution in [0.2, 0.25) is 0 Å². The van der Waals surface area contributed by atoms with Crippen LogP contribution < -0.4 is 4.90 Å². The highest BCUT2D eigenvalue weighted by molar-refractivity contribution is 5.30. The highest BCUT2D eigenvalue weighted by atomic mass is 16.5. The summed E-state index contributed by atoms with van der Waals surface area (Å²) in [6.45, 7) is 4.56. The summed E-state index contributed by atoms with van der Waals surface area (Å²) in [6, 6.07) is 1.79. The van der Waals surface area contributed by atoms with Crippen LogP contribution in [0, 0.1) is 0 Å². The van der Waals surface area contributed by atoms with Crippen molar-refractivity contribution in [1.29, 1.82) is 0 Å². The van der Waals surface area contributed by atoms with Crippen LogP contribution in [-0.2, 0) is 20.8 Å². The summed E-state index contributed by atoms with van der Waals surface area (Å²) in [4.78, 5) is 13.2. The van der Waals surface area contributed by atoms with Gasteiger partial charge in [-0.25, -0.2) is 9.97 Å². The molecule has 1 aromatic heterocycles. The molecule has 3 atom stereocenters. The van der Waals surface area contributed by atoms with E-state index in [1.165, 1.54) is 0 Å². The molecule has 2 aliphatic heterocycles. The van der Waals surface area contributed by atoms with Gasteiger partial charge in [-0.1, -0.05) is 0 Å². The van der Waals surface area contributed by atoms with Crippen molar-refractivity contribution < 1.29 is 19.3 Å². The molecule has 0 aliphatic carbocycles. The molecule has 8 heteroatoms. The molecule has 3 heterocycles. The number of aliphatic hydroxyl groups is 1. The molecule has 0 bridgehead atoms. The number of aromatic nitrogens is 2. The minimum absolute atomic E-state index is 0.120. The second kappa shape index (κ2) is 8.17. The van der Waals surface area contributed by atoms with E-state index < -0.39 is 6.10 Å². The number of hydrogen-bond acceptors (Lipinski definition) is 8. The van der Waals surface area contributed by atoms with Gasteiger partial charge in [0.15, 0.2) is 0 Å². The summed E-state index contributed by atoms with van der Waals surface area (Å²) in [5, 5.41) is 10.4. The fraction of sp³-hybridized carbons (Fsp3) is 0.750. The summed E-state index contributed by atoms with van der Waals surface area (Å²) in [5.74, 6) is 0.736. The predicted octanol–water partition coefficient (Wildman–Crippen LogP) is -0.480. The molecule has 0 amide bonds. The second-order valence-electron chi connectivity index (χ2n) is 6.23. The first-order valence-electron chi connectivity index (χ1n) is 8.32. The van der Waals surface area contributed by atoms with E-state index >= 15 is 0 Å². The number of rotatable bonds is 5. The van der Waals surface area contributed by atoms with Gasteiger partial charge in [-0.15, -0.1) is 0 Å². The minimum Gasteiger partial charge on any atom is -0.389 e. The Morgan fingerprint density at radius 1 is 1.33 bits per heavy atom. The molecule has 0 unspecified atom stereocenters. The topological polar surface area (TPSA) is 80.2 Å². The van der Waals surface area contributed by atoms with Crippen molar-refractivity contribution in [3.63, 3.8) is 0 Å². The number of aliphatic hydroxyl groups excluding tert-OH is 1. The van der Waals surface area contributed by atoms with Crippen LogP contribution in [0.25, 0.3) is 0 Å². The Hall–Kier alpha value is -1.32. The average Bonchev–Trinajstić information content (AvgIpc) is 2.63. The molecule has 0 aromatic carbocycles. The molecule has 2 saturated heterocycles. The predicted molar refractivity (Wildman–Crippen MR) is 87.9 cm³/mol. The van der Waals surface area contributed by atoms with Crippen molar-refractivity contribution >= 4 is 5.95 Å². The lowest BCUT2D eigenvalue weighted by molar-refractivity contribution is -0.142. The smallest absolute Gasteiger partial charge is 0.225 e. The second-order valence-corrected chi connectivity index (χ2v) is 6.23.